The second-order valence-corrected chi connectivity index (χ2v) is 6.03. The number of hydrogen-bond donors (Lipinski definition) is 1. The van der Waals surface area contributed by atoms with Crippen LogP contribution in [0.3, 0.4) is 0 Å². The molecule has 0 aromatic carbocycles. The number of hydrogen-bond acceptors (Lipinski definition) is 4. The zero-order chi connectivity index (χ0) is 11.8. The summed E-state index contributed by atoms with van der Waals surface area (Å²) in [5, 5.41) is 5.97. The van der Waals surface area contributed by atoms with Crippen LogP contribution in [0.15, 0.2) is 11.6 Å². The number of amides is 1. The molecule has 88 valence electrons. The number of carbonyl (C=O) groups is 1. The Hall–Kier alpha value is -1.10. The quantitative estimate of drug-likeness (QED) is 0.850. The van der Waals surface area contributed by atoms with Crippen LogP contribution in [0.25, 0.3) is 0 Å². The molecule has 0 radical (unpaired) electrons. The monoisotopic (exact) mass is 239 g/mol. The second kappa shape index (κ2) is 4.05. The molecule has 16 heavy (non-hydrogen) atoms. The highest BCUT2D eigenvalue weighted by Gasteiger charge is 2.35. The lowest BCUT2D eigenvalue weighted by Crippen LogP contribution is -2.56. The highest BCUT2D eigenvalue weighted by Crippen LogP contribution is 2.26. The smallest absolute Gasteiger partial charge is 0.227 e. The van der Waals surface area contributed by atoms with Gasteiger partial charge in [-0.15, -0.1) is 11.3 Å². The Kier molecular flexibility index (Phi) is 2.88. The van der Waals surface area contributed by atoms with Crippen molar-refractivity contribution in [3.05, 3.63) is 11.6 Å². The van der Waals surface area contributed by atoms with Crippen molar-refractivity contribution < 1.29 is 4.79 Å². The molecule has 0 unspecified atom stereocenters. The van der Waals surface area contributed by atoms with Gasteiger partial charge in [-0.1, -0.05) is 0 Å². The largest absolute Gasteiger partial charge is 0.351 e. The van der Waals surface area contributed by atoms with Crippen LogP contribution >= 0.6 is 11.3 Å². The van der Waals surface area contributed by atoms with E-state index in [9.17, 15) is 4.79 Å². The summed E-state index contributed by atoms with van der Waals surface area (Å²) in [6.45, 7) is 7.58. The molecule has 2 rings (SSSR count). The van der Waals surface area contributed by atoms with Gasteiger partial charge in [-0.3, -0.25) is 4.79 Å². The van der Waals surface area contributed by atoms with Gasteiger partial charge in [-0.05, 0) is 20.8 Å². The van der Waals surface area contributed by atoms with Crippen molar-refractivity contribution in [2.45, 2.75) is 26.3 Å². The van der Waals surface area contributed by atoms with Crippen molar-refractivity contribution in [3.8, 4) is 0 Å². The molecule has 5 heteroatoms. The average Bonchev–Trinajstić information content (AvgIpc) is 2.49. The molecule has 1 fully saturated rings. The molecule has 1 aromatic rings. The molecule has 0 aliphatic carbocycles. The lowest BCUT2D eigenvalue weighted by molar-refractivity contribution is -0.127. The predicted octanol–water partition coefficient (Wildman–Crippen LogP) is 1.49. The van der Waals surface area contributed by atoms with Crippen LogP contribution in [-0.4, -0.2) is 29.5 Å². The summed E-state index contributed by atoms with van der Waals surface area (Å²) in [6, 6.07) is 0. The molecular weight excluding hydrogens is 222 g/mol. The molecule has 1 saturated heterocycles. The number of nitrogens with zero attached hydrogens (tertiary/aromatic N) is 2. The first-order valence-electron chi connectivity index (χ1n) is 5.42. The Morgan fingerprint density at radius 3 is 2.75 bits per heavy atom. The number of carbonyl (C=O) groups excluding carboxylic acids is 1. The Balaban J connectivity index is 1.82. The first-order valence-corrected chi connectivity index (χ1v) is 6.30. The summed E-state index contributed by atoms with van der Waals surface area (Å²) in [4.78, 5) is 18.2. The molecule has 1 amide bonds. The summed E-state index contributed by atoms with van der Waals surface area (Å²) < 4.78 is 0. The fourth-order valence-corrected chi connectivity index (χ4v) is 2.31. The molecule has 4 nitrogen and oxygen atoms in total. The van der Waals surface area contributed by atoms with Crippen LogP contribution in [0.4, 0.5) is 5.13 Å². The van der Waals surface area contributed by atoms with Crippen molar-refractivity contribution in [1.29, 1.82) is 0 Å². The van der Waals surface area contributed by atoms with Crippen LogP contribution in [-0.2, 0) is 4.79 Å². The Morgan fingerprint density at radius 2 is 2.25 bits per heavy atom. The van der Waals surface area contributed by atoms with Gasteiger partial charge in [0.2, 0.25) is 5.91 Å². The van der Waals surface area contributed by atoms with Gasteiger partial charge < -0.3 is 10.2 Å². The van der Waals surface area contributed by atoms with Crippen LogP contribution in [0, 0.1) is 5.92 Å². The van der Waals surface area contributed by atoms with E-state index in [2.05, 4.69) is 15.2 Å². The maximum absolute atomic E-state index is 11.8. The van der Waals surface area contributed by atoms with Gasteiger partial charge in [-0.2, -0.15) is 0 Å². The van der Waals surface area contributed by atoms with E-state index in [4.69, 9.17) is 0 Å². The Morgan fingerprint density at radius 1 is 1.56 bits per heavy atom. The maximum atomic E-state index is 11.8. The number of aromatic nitrogens is 1. The number of anilines is 1. The van der Waals surface area contributed by atoms with Crippen LogP contribution < -0.4 is 10.2 Å². The van der Waals surface area contributed by atoms with E-state index in [1.807, 2.05) is 26.2 Å². The van der Waals surface area contributed by atoms with Gasteiger partial charge in [0, 0.05) is 30.2 Å². The fourth-order valence-electron chi connectivity index (χ4n) is 1.64. The van der Waals surface area contributed by atoms with E-state index in [1.54, 1.807) is 17.5 Å². The predicted molar refractivity (Wildman–Crippen MR) is 65.7 cm³/mol. The number of nitrogens with one attached hydrogen (secondary N) is 1. The molecule has 1 aliphatic rings. The molecule has 1 aromatic heterocycles. The lowest BCUT2D eigenvalue weighted by atomic mass is 9.98. The van der Waals surface area contributed by atoms with Crippen molar-refractivity contribution in [2.24, 2.45) is 5.92 Å². The molecule has 2 heterocycles. The topological polar surface area (TPSA) is 45.2 Å². The van der Waals surface area contributed by atoms with Gasteiger partial charge in [0.25, 0.3) is 0 Å². The SMILES string of the molecule is CC(C)(C)NC(=O)C1CN(c2nccs2)C1. The van der Waals surface area contributed by atoms with Gasteiger partial charge >= 0.3 is 0 Å². The van der Waals surface area contributed by atoms with E-state index in [0.717, 1.165) is 18.2 Å². The maximum Gasteiger partial charge on any atom is 0.227 e. The Bertz CT molecular complexity index is 363. The molecule has 0 spiro atoms. The summed E-state index contributed by atoms with van der Waals surface area (Å²) in [6.07, 6.45) is 1.79. The normalized spacial score (nSPS) is 17.1. The van der Waals surface area contributed by atoms with Crippen molar-refractivity contribution >= 4 is 22.4 Å². The van der Waals surface area contributed by atoms with Gasteiger partial charge in [-0.25, -0.2) is 4.98 Å². The highest BCUT2D eigenvalue weighted by atomic mass is 32.1. The number of thiazole rings is 1. The summed E-state index contributed by atoms with van der Waals surface area (Å²) in [5.41, 5.74) is -0.140. The average molecular weight is 239 g/mol. The van der Waals surface area contributed by atoms with Gasteiger partial charge in [0.15, 0.2) is 5.13 Å². The molecule has 0 bridgehead atoms. The third-order valence-corrected chi connectivity index (χ3v) is 3.27. The summed E-state index contributed by atoms with van der Waals surface area (Å²) in [5.74, 6) is 0.267. The zero-order valence-corrected chi connectivity index (χ0v) is 10.7. The Labute approximate surface area is 99.7 Å². The molecular formula is C11H17N3OS. The van der Waals surface area contributed by atoms with Crippen molar-refractivity contribution in [3.63, 3.8) is 0 Å². The fraction of sp³-hybridized carbons (Fsp3) is 0.636. The standard InChI is InChI=1S/C11H17N3OS/c1-11(2,3)13-9(15)8-6-14(7-8)10-12-4-5-16-10/h4-5,8H,6-7H2,1-3H3,(H,13,15). The summed E-state index contributed by atoms with van der Waals surface area (Å²) >= 11 is 1.62. The molecule has 1 N–H and O–H groups in total. The van der Waals surface area contributed by atoms with Gasteiger partial charge in [0.1, 0.15) is 0 Å². The van der Waals surface area contributed by atoms with E-state index in [-0.39, 0.29) is 17.4 Å². The van der Waals surface area contributed by atoms with Crippen molar-refractivity contribution in [2.75, 3.05) is 18.0 Å². The molecule has 1 aliphatic heterocycles. The lowest BCUT2D eigenvalue weighted by Gasteiger charge is -2.39. The van der Waals surface area contributed by atoms with Crippen LogP contribution in [0.5, 0.6) is 0 Å². The van der Waals surface area contributed by atoms with E-state index in [1.165, 1.54) is 0 Å². The van der Waals surface area contributed by atoms with Gasteiger partial charge in [0.05, 0.1) is 5.92 Å². The van der Waals surface area contributed by atoms with Crippen molar-refractivity contribution in [1.82, 2.24) is 10.3 Å². The van der Waals surface area contributed by atoms with Crippen LogP contribution in [0.2, 0.25) is 0 Å². The first kappa shape index (κ1) is 11.4. The van der Waals surface area contributed by atoms with E-state index in [0.29, 0.717) is 0 Å². The minimum atomic E-state index is -0.140. The summed E-state index contributed by atoms with van der Waals surface area (Å²) in [7, 11) is 0. The minimum Gasteiger partial charge on any atom is -0.351 e. The highest BCUT2D eigenvalue weighted by molar-refractivity contribution is 7.13. The zero-order valence-electron chi connectivity index (χ0n) is 9.86. The molecule has 0 saturated carbocycles. The second-order valence-electron chi connectivity index (χ2n) is 5.16. The van der Waals surface area contributed by atoms with Crippen LogP contribution in [0.1, 0.15) is 20.8 Å². The third kappa shape index (κ3) is 2.52. The first-order chi connectivity index (χ1) is 7.46. The van der Waals surface area contributed by atoms with E-state index >= 15 is 0 Å². The van der Waals surface area contributed by atoms with E-state index < -0.39 is 0 Å². The minimum absolute atomic E-state index is 0.114. The molecule has 0 atom stereocenters. The third-order valence-electron chi connectivity index (χ3n) is 2.44. The number of rotatable bonds is 2.